The average molecular weight is 240 g/mol. The van der Waals surface area contributed by atoms with E-state index in [0.717, 1.165) is 0 Å². The molecule has 0 unspecified atom stereocenters. The maximum absolute atomic E-state index is 5.69. The normalized spacial score (nSPS) is 42.6. The molecule has 2 heterocycles. The average Bonchev–Trinajstić information content (AvgIpc) is 2.31. The Morgan fingerprint density at radius 1 is 1.00 bits per heavy atom. The zero-order chi connectivity index (χ0) is 12.3. The first kappa shape index (κ1) is 12.8. The first-order valence-corrected chi connectivity index (χ1v) is 6.08. The van der Waals surface area contributed by atoms with Gasteiger partial charge >= 0.3 is 0 Å². The molecule has 17 heavy (non-hydrogen) atoms. The predicted molar refractivity (Wildman–Crippen MR) is 62.1 cm³/mol. The highest BCUT2D eigenvalue weighted by molar-refractivity contribution is 5.07. The Bertz CT molecular complexity index is 301. The van der Waals surface area contributed by atoms with Crippen molar-refractivity contribution in [3.05, 3.63) is 0 Å². The molecule has 0 N–H and O–H groups in total. The molecule has 96 valence electrons. The van der Waals surface area contributed by atoms with Gasteiger partial charge in [0.25, 0.3) is 0 Å². The van der Waals surface area contributed by atoms with E-state index in [1.807, 2.05) is 13.8 Å². The van der Waals surface area contributed by atoms with E-state index in [0.29, 0.717) is 38.3 Å². The van der Waals surface area contributed by atoms with Gasteiger partial charge in [-0.25, -0.2) is 0 Å². The Morgan fingerprint density at radius 3 is 2.06 bits per heavy atom. The van der Waals surface area contributed by atoms with Gasteiger partial charge in [0.15, 0.2) is 6.29 Å². The summed E-state index contributed by atoms with van der Waals surface area (Å²) < 4.78 is 22.3. The van der Waals surface area contributed by atoms with Crippen molar-refractivity contribution >= 4 is 0 Å². The fraction of sp³-hybridized carbons (Fsp3) is 0.846. The van der Waals surface area contributed by atoms with Crippen LogP contribution in [-0.2, 0) is 18.9 Å². The first-order valence-electron chi connectivity index (χ1n) is 6.08. The van der Waals surface area contributed by atoms with Gasteiger partial charge in [0, 0.05) is 18.8 Å². The summed E-state index contributed by atoms with van der Waals surface area (Å²) in [6.07, 6.45) is -0.0899. The molecule has 4 heteroatoms. The van der Waals surface area contributed by atoms with Crippen molar-refractivity contribution in [3.63, 3.8) is 0 Å². The zero-order valence-electron chi connectivity index (χ0n) is 10.7. The van der Waals surface area contributed by atoms with Crippen LogP contribution in [0.15, 0.2) is 0 Å². The third kappa shape index (κ3) is 3.20. The largest absolute Gasteiger partial charge is 0.353 e. The predicted octanol–water partition coefficient (Wildman–Crippen LogP) is 1.40. The third-order valence-corrected chi connectivity index (χ3v) is 3.25. The van der Waals surface area contributed by atoms with Crippen LogP contribution in [0.3, 0.4) is 0 Å². The highest BCUT2D eigenvalue weighted by atomic mass is 16.7. The summed E-state index contributed by atoms with van der Waals surface area (Å²) in [6.45, 7) is 8.29. The van der Waals surface area contributed by atoms with E-state index in [-0.39, 0.29) is 6.29 Å². The third-order valence-electron chi connectivity index (χ3n) is 3.25. The minimum absolute atomic E-state index is 0.0899. The lowest BCUT2D eigenvalue weighted by atomic mass is 9.93. The molecule has 0 bridgehead atoms. The Balaban J connectivity index is 1.84. The smallest absolute Gasteiger partial charge is 0.230 e. The van der Waals surface area contributed by atoms with Crippen molar-refractivity contribution in [2.75, 3.05) is 26.4 Å². The van der Waals surface area contributed by atoms with E-state index in [1.54, 1.807) is 6.92 Å². The summed E-state index contributed by atoms with van der Waals surface area (Å²) in [5.41, 5.74) is 0. The monoisotopic (exact) mass is 240 g/mol. The zero-order valence-corrected chi connectivity index (χ0v) is 10.7. The van der Waals surface area contributed by atoms with Gasteiger partial charge in [-0.2, -0.15) is 0 Å². The molecule has 2 aliphatic rings. The van der Waals surface area contributed by atoms with Gasteiger partial charge in [-0.3, -0.25) is 0 Å². The lowest BCUT2D eigenvalue weighted by Gasteiger charge is -2.39. The van der Waals surface area contributed by atoms with Crippen LogP contribution in [0.2, 0.25) is 0 Å². The molecule has 0 aliphatic carbocycles. The summed E-state index contributed by atoms with van der Waals surface area (Å²) in [6, 6.07) is 0. The molecule has 0 spiro atoms. The summed E-state index contributed by atoms with van der Waals surface area (Å²) in [4.78, 5) is 0. The fourth-order valence-electron chi connectivity index (χ4n) is 2.08. The summed E-state index contributed by atoms with van der Waals surface area (Å²) >= 11 is 0. The van der Waals surface area contributed by atoms with Crippen LogP contribution in [0.25, 0.3) is 0 Å². The number of ether oxygens (including phenoxy) is 4. The lowest BCUT2D eigenvalue weighted by Crippen LogP contribution is -2.46. The van der Waals surface area contributed by atoms with Gasteiger partial charge in [0.1, 0.15) is 0 Å². The molecular formula is C13H20O4. The Labute approximate surface area is 103 Å². The SMILES string of the molecule is CC#CC1(C)OCC(C2COC(C)OC2)CO1. The van der Waals surface area contributed by atoms with E-state index >= 15 is 0 Å². The van der Waals surface area contributed by atoms with Crippen LogP contribution >= 0.6 is 0 Å². The molecule has 2 rings (SSSR count). The van der Waals surface area contributed by atoms with Crippen molar-refractivity contribution in [1.82, 2.24) is 0 Å². The van der Waals surface area contributed by atoms with Crippen LogP contribution in [0.5, 0.6) is 0 Å². The second kappa shape index (κ2) is 5.36. The maximum atomic E-state index is 5.69. The Kier molecular flexibility index (Phi) is 4.05. The molecule has 2 fully saturated rings. The molecule has 0 atom stereocenters. The van der Waals surface area contributed by atoms with Crippen molar-refractivity contribution in [2.45, 2.75) is 32.8 Å². The van der Waals surface area contributed by atoms with Crippen molar-refractivity contribution < 1.29 is 18.9 Å². The van der Waals surface area contributed by atoms with E-state index in [4.69, 9.17) is 18.9 Å². The molecule has 0 aromatic heterocycles. The van der Waals surface area contributed by atoms with E-state index in [9.17, 15) is 0 Å². The second-order valence-electron chi connectivity index (χ2n) is 4.70. The molecule has 0 amide bonds. The minimum atomic E-state index is -0.741. The molecular weight excluding hydrogens is 220 g/mol. The van der Waals surface area contributed by atoms with Crippen LogP contribution in [-0.4, -0.2) is 38.5 Å². The second-order valence-corrected chi connectivity index (χ2v) is 4.70. The first-order chi connectivity index (χ1) is 8.13. The fourth-order valence-corrected chi connectivity index (χ4v) is 2.08. The number of hydrogen-bond acceptors (Lipinski definition) is 4. The maximum Gasteiger partial charge on any atom is 0.230 e. The molecule has 2 aliphatic heterocycles. The van der Waals surface area contributed by atoms with Gasteiger partial charge in [0.2, 0.25) is 5.79 Å². The lowest BCUT2D eigenvalue weighted by molar-refractivity contribution is -0.265. The van der Waals surface area contributed by atoms with E-state index < -0.39 is 5.79 Å². The van der Waals surface area contributed by atoms with Crippen molar-refractivity contribution in [2.24, 2.45) is 11.8 Å². The van der Waals surface area contributed by atoms with Gasteiger partial charge in [-0.1, -0.05) is 0 Å². The molecule has 0 aromatic rings. The highest BCUT2D eigenvalue weighted by Crippen LogP contribution is 2.27. The Hall–Kier alpha value is -0.600. The van der Waals surface area contributed by atoms with E-state index in [2.05, 4.69) is 11.8 Å². The van der Waals surface area contributed by atoms with Crippen molar-refractivity contribution in [1.29, 1.82) is 0 Å². The number of hydrogen-bond donors (Lipinski definition) is 0. The molecule has 2 saturated heterocycles. The number of rotatable bonds is 1. The van der Waals surface area contributed by atoms with Crippen LogP contribution in [0.4, 0.5) is 0 Å². The summed E-state index contributed by atoms with van der Waals surface area (Å²) in [5, 5.41) is 0. The van der Waals surface area contributed by atoms with Gasteiger partial charge < -0.3 is 18.9 Å². The molecule has 0 radical (unpaired) electrons. The van der Waals surface area contributed by atoms with Crippen LogP contribution in [0.1, 0.15) is 20.8 Å². The summed E-state index contributed by atoms with van der Waals surface area (Å²) in [5.74, 6) is 5.70. The highest BCUT2D eigenvalue weighted by Gasteiger charge is 2.36. The standard InChI is InChI=1S/C13H20O4/c1-4-5-13(3)16-8-12(9-17-13)11-6-14-10(2)15-7-11/h10-12H,6-9H2,1-3H3. The molecule has 4 nitrogen and oxygen atoms in total. The van der Waals surface area contributed by atoms with E-state index in [1.165, 1.54) is 0 Å². The minimum Gasteiger partial charge on any atom is -0.353 e. The summed E-state index contributed by atoms with van der Waals surface area (Å²) in [7, 11) is 0. The van der Waals surface area contributed by atoms with Crippen LogP contribution in [0, 0.1) is 23.7 Å². The Morgan fingerprint density at radius 2 is 1.53 bits per heavy atom. The van der Waals surface area contributed by atoms with Gasteiger partial charge in [0.05, 0.1) is 26.4 Å². The van der Waals surface area contributed by atoms with Gasteiger partial charge in [-0.15, -0.1) is 5.92 Å². The molecule has 0 saturated carbocycles. The van der Waals surface area contributed by atoms with Crippen LogP contribution < -0.4 is 0 Å². The quantitative estimate of drug-likeness (QED) is 0.649. The topological polar surface area (TPSA) is 36.9 Å². The van der Waals surface area contributed by atoms with Crippen molar-refractivity contribution in [3.8, 4) is 11.8 Å². The molecule has 0 aromatic carbocycles. The van der Waals surface area contributed by atoms with Gasteiger partial charge in [-0.05, 0) is 19.8 Å².